The predicted molar refractivity (Wildman–Crippen MR) is 108 cm³/mol. The van der Waals surface area contributed by atoms with Gasteiger partial charge in [0.25, 0.3) is 0 Å². The van der Waals surface area contributed by atoms with Crippen LogP contribution in [0.2, 0.25) is 0 Å². The van der Waals surface area contributed by atoms with Crippen LogP contribution in [-0.4, -0.2) is 15.0 Å². The highest BCUT2D eigenvalue weighted by Gasteiger charge is 2.38. The zero-order valence-corrected chi connectivity index (χ0v) is 15.3. The van der Waals surface area contributed by atoms with E-state index in [4.69, 9.17) is 9.97 Å². The van der Waals surface area contributed by atoms with Gasteiger partial charge in [0.2, 0.25) is 0 Å². The van der Waals surface area contributed by atoms with Crippen LogP contribution in [0, 0.1) is 0 Å². The van der Waals surface area contributed by atoms with E-state index in [1.807, 2.05) is 60.9 Å². The zero-order valence-electron chi connectivity index (χ0n) is 15.3. The van der Waals surface area contributed by atoms with Gasteiger partial charge in [-0.05, 0) is 11.6 Å². The van der Waals surface area contributed by atoms with E-state index in [-0.39, 0.29) is 5.41 Å². The summed E-state index contributed by atoms with van der Waals surface area (Å²) in [7, 11) is 0. The van der Waals surface area contributed by atoms with Crippen LogP contribution in [0.3, 0.4) is 0 Å². The summed E-state index contributed by atoms with van der Waals surface area (Å²) in [6, 6.07) is 22.6. The van der Waals surface area contributed by atoms with Gasteiger partial charge in [-0.25, -0.2) is 9.97 Å². The van der Waals surface area contributed by atoms with Crippen molar-refractivity contribution < 1.29 is 0 Å². The van der Waals surface area contributed by atoms with Crippen LogP contribution in [0.15, 0.2) is 79.1 Å². The largest absolute Gasteiger partial charge is 0.256 e. The molecule has 0 fully saturated rings. The minimum Gasteiger partial charge on any atom is -0.256 e. The van der Waals surface area contributed by atoms with Crippen LogP contribution < -0.4 is 0 Å². The first-order chi connectivity index (χ1) is 13.1. The molecule has 0 aliphatic heterocycles. The Balaban J connectivity index is 1.65. The molecule has 1 aliphatic carbocycles. The van der Waals surface area contributed by atoms with E-state index in [0.29, 0.717) is 0 Å². The SMILES string of the molecule is CC1(C)c2cc(-c3ccccc3)ncc2-c2cnc(-c3ccccc3)nc21. The lowest BCUT2D eigenvalue weighted by Crippen LogP contribution is -2.17. The molecular formula is C24H19N3. The molecule has 0 saturated heterocycles. The lowest BCUT2D eigenvalue weighted by molar-refractivity contribution is 0.635. The fourth-order valence-corrected chi connectivity index (χ4v) is 3.86. The van der Waals surface area contributed by atoms with E-state index in [1.165, 1.54) is 5.56 Å². The fraction of sp³-hybridized carbons (Fsp3) is 0.125. The molecule has 3 heteroatoms. The van der Waals surface area contributed by atoms with Gasteiger partial charge in [-0.15, -0.1) is 0 Å². The van der Waals surface area contributed by atoms with Crippen LogP contribution in [0.25, 0.3) is 33.8 Å². The summed E-state index contributed by atoms with van der Waals surface area (Å²) < 4.78 is 0. The normalized spacial score (nSPS) is 13.9. The third-order valence-corrected chi connectivity index (χ3v) is 5.35. The highest BCUT2D eigenvalue weighted by molar-refractivity contribution is 5.81. The van der Waals surface area contributed by atoms with Gasteiger partial charge < -0.3 is 0 Å². The van der Waals surface area contributed by atoms with Crippen LogP contribution in [0.4, 0.5) is 0 Å². The van der Waals surface area contributed by atoms with Gasteiger partial charge in [0, 0.05) is 40.1 Å². The monoisotopic (exact) mass is 349 g/mol. The molecule has 0 radical (unpaired) electrons. The van der Waals surface area contributed by atoms with Gasteiger partial charge in [-0.3, -0.25) is 4.98 Å². The molecule has 2 aromatic carbocycles. The van der Waals surface area contributed by atoms with Gasteiger partial charge in [-0.1, -0.05) is 74.5 Å². The quantitative estimate of drug-likeness (QED) is 0.479. The van der Waals surface area contributed by atoms with Gasteiger partial charge >= 0.3 is 0 Å². The molecule has 0 amide bonds. The van der Waals surface area contributed by atoms with Crippen molar-refractivity contribution in [1.82, 2.24) is 15.0 Å². The third-order valence-electron chi connectivity index (χ3n) is 5.35. The van der Waals surface area contributed by atoms with Crippen LogP contribution in [0.1, 0.15) is 25.1 Å². The molecule has 0 atom stereocenters. The summed E-state index contributed by atoms with van der Waals surface area (Å²) in [6.45, 7) is 4.46. The summed E-state index contributed by atoms with van der Waals surface area (Å²) in [4.78, 5) is 14.3. The maximum absolute atomic E-state index is 4.95. The van der Waals surface area contributed by atoms with Crippen LogP contribution in [0.5, 0.6) is 0 Å². The van der Waals surface area contributed by atoms with Gasteiger partial charge in [-0.2, -0.15) is 0 Å². The van der Waals surface area contributed by atoms with Crippen molar-refractivity contribution >= 4 is 0 Å². The Labute approximate surface area is 158 Å². The van der Waals surface area contributed by atoms with Gasteiger partial charge in [0.15, 0.2) is 5.82 Å². The van der Waals surface area contributed by atoms with Crippen molar-refractivity contribution in [3.8, 4) is 33.8 Å². The highest BCUT2D eigenvalue weighted by atomic mass is 14.9. The van der Waals surface area contributed by atoms with E-state index in [2.05, 4.69) is 37.0 Å². The molecule has 3 nitrogen and oxygen atoms in total. The maximum Gasteiger partial charge on any atom is 0.159 e. The zero-order chi connectivity index (χ0) is 18.4. The second-order valence-electron chi connectivity index (χ2n) is 7.43. The lowest BCUT2D eigenvalue weighted by Gasteiger charge is -2.21. The molecule has 2 aromatic heterocycles. The molecule has 0 unspecified atom stereocenters. The minimum atomic E-state index is -0.191. The molecule has 0 N–H and O–H groups in total. The molecule has 5 rings (SSSR count). The van der Waals surface area contributed by atoms with Crippen molar-refractivity contribution in [3.05, 3.63) is 90.4 Å². The second-order valence-corrected chi connectivity index (χ2v) is 7.43. The Morgan fingerprint density at radius 1 is 0.704 bits per heavy atom. The average Bonchev–Trinajstić information content (AvgIpc) is 2.96. The Hall–Kier alpha value is -3.33. The Bertz CT molecular complexity index is 1040. The molecule has 2 heterocycles. The number of benzene rings is 2. The number of hydrogen-bond acceptors (Lipinski definition) is 3. The number of aromatic nitrogens is 3. The van der Waals surface area contributed by atoms with E-state index >= 15 is 0 Å². The van der Waals surface area contributed by atoms with E-state index < -0.39 is 0 Å². The number of pyridine rings is 1. The number of hydrogen-bond donors (Lipinski definition) is 0. The second kappa shape index (κ2) is 5.85. The first-order valence-corrected chi connectivity index (χ1v) is 9.14. The van der Waals surface area contributed by atoms with Crippen molar-refractivity contribution in [1.29, 1.82) is 0 Å². The van der Waals surface area contributed by atoms with Crippen molar-refractivity contribution in [2.24, 2.45) is 0 Å². The summed E-state index contributed by atoms with van der Waals surface area (Å²) >= 11 is 0. The third kappa shape index (κ3) is 2.47. The molecule has 1 aliphatic rings. The maximum atomic E-state index is 4.95. The molecule has 0 saturated carbocycles. The summed E-state index contributed by atoms with van der Waals surface area (Å²) in [6.07, 6.45) is 3.92. The minimum absolute atomic E-state index is 0.191. The molecule has 130 valence electrons. The topological polar surface area (TPSA) is 38.7 Å². The van der Waals surface area contributed by atoms with Crippen LogP contribution in [-0.2, 0) is 5.41 Å². The van der Waals surface area contributed by atoms with Gasteiger partial charge in [0.05, 0.1) is 11.4 Å². The number of nitrogens with zero attached hydrogens (tertiary/aromatic N) is 3. The highest BCUT2D eigenvalue weighted by Crippen LogP contribution is 2.48. The van der Waals surface area contributed by atoms with E-state index in [0.717, 1.165) is 39.5 Å². The standard InChI is InChI=1S/C24H19N3/c1-24(2)20-13-21(16-9-5-3-6-10-16)25-14-18(20)19-15-26-23(27-22(19)24)17-11-7-4-8-12-17/h3-15H,1-2H3. The summed E-state index contributed by atoms with van der Waals surface area (Å²) in [5, 5.41) is 0. The Morgan fingerprint density at radius 2 is 1.33 bits per heavy atom. The van der Waals surface area contributed by atoms with Crippen molar-refractivity contribution in [2.45, 2.75) is 19.3 Å². The smallest absolute Gasteiger partial charge is 0.159 e. The summed E-state index contributed by atoms with van der Waals surface area (Å²) in [5.74, 6) is 0.770. The molecule has 4 aromatic rings. The van der Waals surface area contributed by atoms with E-state index in [9.17, 15) is 0 Å². The fourth-order valence-electron chi connectivity index (χ4n) is 3.86. The summed E-state index contributed by atoms with van der Waals surface area (Å²) in [5.41, 5.74) is 7.51. The first kappa shape index (κ1) is 15.9. The molecule has 27 heavy (non-hydrogen) atoms. The van der Waals surface area contributed by atoms with Gasteiger partial charge in [0.1, 0.15) is 0 Å². The van der Waals surface area contributed by atoms with Crippen molar-refractivity contribution in [2.75, 3.05) is 0 Å². The van der Waals surface area contributed by atoms with Crippen LogP contribution >= 0.6 is 0 Å². The molecule has 0 spiro atoms. The number of fused-ring (bicyclic) bond motifs is 3. The lowest BCUT2D eigenvalue weighted by atomic mass is 9.85. The number of rotatable bonds is 2. The van der Waals surface area contributed by atoms with E-state index in [1.54, 1.807) is 0 Å². The molecular weight excluding hydrogens is 330 g/mol. The average molecular weight is 349 g/mol. The Kier molecular flexibility index (Phi) is 3.44. The molecule has 0 bridgehead atoms. The predicted octanol–water partition coefficient (Wildman–Crippen LogP) is 5.51. The first-order valence-electron chi connectivity index (χ1n) is 9.14. The Morgan fingerprint density at radius 3 is 2.04 bits per heavy atom. The van der Waals surface area contributed by atoms with Crippen molar-refractivity contribution in [3.63, 3.8) is 0 Å².